The van der Waals surface area contributed by atoms with Crippen LogP contribution in [0.4, 0.5) is 0 Å². The number of piperidine rings is 1. The Morgan fingerprint density at radius 2 is 1.59 bits per heavy atom. The van der Waals surface area contributed by atoms with Crippen LogP contribution in [-0.4, -0.2) is 73.6 Å². The molecule has 0 aromatic rings. The molecule has 0 aromatic carbocycles. The molecule has 100 valence electrons. The smallest absolute Gasteiger partial charge is 0.0113 e. The molecular weight excluding hydrogens is 210 g/mol. The number of nitrogens with zero attached hydrogens (tertiary/aromatic N) is 3. The van der Waals surface area contributed by atoms with Gasteiger partial charge >= 0.3 is 0 Å². The predicted octanol–water partition coefficient (Wildman–Crippen LogP) is 1.35. The maximum absolute atomic E-state index is 2.71. The first-order valence-electron chi connectivity index (χ1n) is 7.35. The van der Waals surface area contributed by atoms with Crippen molar-refractivity contribution in [3.63, 3.8) is 0 Å². The van der Waals surface area contributed by atoms with E-state index in [0.717, 1.165) is 12.0 Å². The zero-order valence-corrected chi connectivity index (χ0v) is 11.9. The van der Waals surface area contributed by atoms with E-state index in [1.54, 1.807) is 0 Å². The van der Waals surface area contributed by atoms with Gasteiger partial charge in [0.1, 0.15) is 0 Å². The molecule has 17 heavy (non-hydrogen) atoms. The molecule has 0 saturated carbocycles. The van der Waals surface area contributed by atoms with Crippen molar-refractivity contribution in [1.82, 2.24) is 14.7 Å². The lowest BCUT2D eigenvalue weighted by molar-refractivity contribution is 0.0624. The van der Waals surface area contributed by atoms with Gasteiger partial charge in [0.25, 0.3) is 0 Å². The standard InChI is InChI=1S/C14H29N3/c1-4-16-7-5-14(6-8-16)13(2)17-11-9-15(3)10-12-17/h13-14H,4-12H2,1-3H3/t13-/m1/s1. The molecule has 2 heterocycles. The molecule has 2 aliphatic rings. The van der Waals surface area contributed by atoms with Gasteiger partial charge in [-0.25, -0.2) is 0 Å². The highest BCUT2D eigenvalue weighted by Crippen LogP contribution is 2.24. The van der Waals surface area contributed by atoms with Crippen LogP contribution in [0.15, 0.2) is 0 Å². The highest BCUT2D eigenvalue weighted by Gasteiger charge is 2.28. The molecule has 1 atom stereocenters. The minimum atomic E-state index is 0.794. The molecule has 2 aliphatic heterocycles. The number of piperazine rings is 1. The second-order valence-electron chi connectivity index (χ2n) is 5.85. The minimum Gasteiger partial charge on any atom is -0.304 e. The van der Waals surface area contributed by atoms with Crippen molar-refractivity contribution in [3.8, 4) is 0 Å². The van der Waals surface area contributed by atoms with E-state index in [0.29, 0.717) is 0 Å². The summed E-state index contributed by atoms with van der Waals surface area (Å²) in [6, 6.07) is 0.794. The number of hydrogen-bond donors (Lipinski definition) is 0. The van der Waals surface area contributed by atoms with Crippen molar-refractivity contribution >= 4 is 0 Å². The lowest BCUT2D eigenvalue weighted by atomic mass is 9.89. The maximum atomic E-state index is 2.71. The zero-order valence-electron chi connectivity index (χ0n) is 11.9. The second-order valence-corrected chi connectivity index (χ2v) is 5.85. The van der Waals surface area contributed by atoms with E-state index in [1.807, 2.05) is 0 Å². The molecule has 0 spiro atoms. The Kier molecular flexibility index (Phi) is 4.83. The van der Waals surface area contributed by atoms with Crippen molar-refractivity contribution in [2.24, 2.45) is 5.92 Å². The average molecular weight is 239 g/mol. The first kappa shape index (κ1) is 13.3. The van der Waals surface area contributed by atoms with Crippen molar-refractivity contribution in [2.75, 3.05) is 52.9 Å². The third kappa shape index (κ3) is 3.43. The quantitative estimate of drug-likeness (QED) is 0.736. The average Bonchev–Trinajstić information content (AvgIpc) is 2.39. The number of likely N-dealkylation sites (tertiary alicyclic amines) is 1. The van der Waals surface area contributed by atoms with Crippen molar-refractivity contribution in [2.45, 2.75) is 32.7 Å². The molecule has 0 aliphatic carbocycles. The molecule has 0 amide bonds. The van der Waals surface area contributed by atoms with E-state index in [-0.39, 0.29) is 0 Å². The number of likely N-dealkylation sites (N-methyl/N-ethyl adjacent to an activating group) is 1. The summed E-state index contributed by atoms with van der Waals surface area (Å²) >= 11 is 0. The van der Waals surface area contributed by atoms with Crippen molar-refractivity contribution in [1.29, 1.82) is 0 Å². The summed E-state index contributed by atoms with van der Waals surface area (Å²) < 4.78 is 0. The van der Waals surface area contributed by atoms with Crippen LogP contribution in [0.1, 0.15) is 26.7 Å². The third-order valence-electron chi connectivity index (χ3n) is 4.88. The molecule has 0 bridgehead atoms. The first-order chi connectivity index (χ1) is 8.20. The van der Waals surface area contributed by atoms with Gasteiger partial charge in [0.15, 0.2) is 0 Å². The highest BCUT2D eigenvalue weighted by atomic mass is 15.3. The van der Waals surface area contributed by atoms with E-state index in [2.05, 4.69) is 35.6 Å². The van der Waals surface area contributed by atoms with Gasteiger partial charge in [-0.3, -0.25) is 4.90 Å². The van der Waals surface area contributed by atoms with E-state index in [9.17, 15) is 0 Å². The van der Waals surface area contributed by atoms with Gasteiger partial charge in [-0.05, 0) is 52.4 Å². The SMILES string of the molecule is CCN1CCC([C@@H](C)N2CCN(C)CC2)CC1. The lowest BCUT2D eigenvalue weighted by Gasteiger charge is -2.42. The summed E-state index contributed by atoms with van der Waals surface area (Å²) in [6.45, 7) is 13.6. The Morgan fingerprint density at radius 3 is 2.12 bits per heavy atom. The van der Waals surface area contributed by atoms with Crippen LogP contribution in [0.3, 0.4) is 0 Å². The normalized spacial score (nSPS) is 28.4. The Hall–Kier alpha value is -0.120. The Labute approximate surface area is 107 Å². The lowest BCUT2D eigenvalue weighted by Crippen LogP contribution is -2.51. The van der Waals surface area contributed by atoms with Gasteiger partial charge in [-0.15, -0.1) is 0 Å². The van der Waals surface area contributed by atoms with Crippen LogP contribution in [0, 0.1) is 5.92 Å². The van der Waals surface area contributed by atoms with Crippen molar-refractivity contribution in [3.05, 3.63) is 0 Å². The number of rotatable bonds is 3. The predicted molar refractivity (Wildman–Crippen MR) is 73.4 cm³/mol. The fraction of sp³-hybridized carbons (Fsp3) is 1.00. The van der Waals surface area contributed by atoms with Gasteiger partial charge in [-0.1, -0.05) is 6.92 Å². The van der Waals surface area contributed by atoms with Crippen LogP contribution in [-0.2, 0) is 0 Å². The summed E-state index contributed by atoms with van der Waals surface area (Å²) in [7, 11) is 2.24. The van der Waals surface area contributed by atoms with Gasteiger partial charge in [0.05, 0.1) is 0 Å². The van der Waals surface area contributed by atoms with Crippen LogP contribution in [0.25, 0.3) is 0 Å². The van der Waals surface area contributed by atoms with Crippen LogP contribution in [0.5, 0.6) is 0 Å². The van der Waals surface area contributed by atoms with E-state index in [1.165, 1.54) is 58.7 Å². The molecule has 2 saturated heterocycles. The molecule has 0 radical (unpaired) electrons. The largest absolute Gasteiger partial charge is 0.304 e. The molecule has 2 rings (SSSR count). The van der Waals surface area contributed by atoms with Crippen LogP contribution in [0.2, 0.25) is 0 Å². The molecule has 3 nitrogen and oxygen atoms in total. The van der Waals surface area contributed by atoms with Crippen LogP contribution >= 0.6 is 0 Å². The fourth-order valence-corrected chi connectivity index (χ4v) is 3.28. The van der Waals surface area contributed by atoms with Gasteiger partial charge < -0.3 is 9.80 Å². The first-order valence-corrected chi connectivity index (χ1v) is 7.35. The van der Waals surface area contributed by atoms with Gasteiger partial charge in [0.2, 0.25) is 0 Å². The Morgan fingerprint density at radius 1 is 1.00 bits per heavy atom. The summed E-state index contributed by atoms with van der Waals surface area (Å²) in [6.07, 6.45) is 2.81. The van der Waals surface area contributed by atoms with Crippen LogP contribution < -0.4 is 0 Å². The Bertz CT molecular complexity index is 216. The zero-order chi connectivity index (χ0) is 12.3. The third-order valence-corrected chi connectivity index (χ3v) is 4.88. The van der Waals surface area contributed by atoms with Gasteiger partial charge in [0, 0.05) is 32.2 Å². The maximum Gasteiger partial charge on any atom is 0.0113 e. The second kappa shape index (κ2) is 6.17. The molecule has 2 fully saturated rings. The minimum absolute atomic E-state index is 0.794. The highest BCUT2D eigenvalue weighted by molar-refractivity contribution is 4.83. The summed E-state index contributed by atoms with van der Waals surface area (Å²) in [4.78, 5) is 7.75. The molecule has 0 aromatic heterocycles. The fourth-order valence-electron chi connectivity index (χ4n) is 3.28. The van der Waals surface area contributed by atoms with E-state index >= 15 is 0 Å². The topological polar surface area (TPSA) is 9.72 Å². The molecule has 3 heteroatoms. The molecular formula is C14H29N3. The summed E-state index contributed by atoms with van der Waals surface area (Å²) in [5.74, 6) is 0.932. The van der Waals surface area contributed by atoms with Crippen molar-refractivity contribution < 1.29 is 0 Å². The van der Waals surface area contributed by atoms with E-state index < -0.39 is 0 Å². The van der Waals surface area contributed by atoms with Gasteiger partial charge in [-0.2, -0.15) is 0 Å². The molecule has 0 unspecified atom stereocenters. The number of hydrogen-bond acceptors (Lipinski definition) is 3. The summed E-state index contributed by atoms with van der Waals surface area (Å²) in [5.41, 5.74) is 0. The molecule has 0 N–H and O–H groups in total. The monoisotopic (exact) mass is 239 g/mol. The van der Waals surface area contributed by atoms with E-state index in [4.69, 9.17) is 0 Å². The summed E-state index contributed by atoms with van der Waals surface area (Å²) in [5, 5.41) is 0. The Balaban J connectivity index is 1.78.